The van der Waals surface area contributed by atoms with E-state index in [1.165, 1.54) is 23.6 Å². The molecule has 0 bridgehead atoms. The maximum absolute atomic E-state index is 11.6. The van der Waals surface area contributed by atoms with E-state index in [4.69, 9.17) is 0 Å². The summed E-state index contributed by atoms with van der Waals surface area (Å²) < 4.78 is 2.10. The van der Waals surface area contributed by atoms with Crippen LogP contribution in [-0.2, 0) is 13.1 Å². The molecule has 110 valence electrons. The van der Waals surface area contributed by atoms with Gasteiger partial charge in [0.15, 0.2) is 5.78 Å². The molecule has 2 aliphatic rings. The van der Waals surface area contributed by atoms with Crippen LogP contribution in [0.1, 0.15) is 43.4 Å². The van der Waals surface area contributed by atoms with Crippen LogP contribution >= 0.6 is 11.8 Å². The van der Waals surface area contributed by atoms with Crippen LogP contribution < -0.4 is 0 Å². The van der Waals surface area contributed by atoms with Gasteiger partial charge in [-0.1, -0.05) is 0 Å². The van der Waals surface area contributed by atoms with Crippen LogP contribution in [0.2, 0.25) is 0 Å². The molecule has 0 N–H and O–H groups in total. The number of thioether (sulfide) groups is 1. The Morgan fingerprint density at radius 2 is 2.25 bits per heavy atom. The lowest BCUT2D eigenvalue weighted by molar-refractivity contribution is 0.101. The van der Waals surface area contributed by atoms with Crippen molar-refractivity contribution in [3.05, 3.63) is 17.5 Å². The first-order valence-corrected chi connectivity index (χ1v) is 8.54. The molecule has 1 aromatic heterocycles. The molecule has 3 heterocycles. The molecule has 3 rings (SSSR count). The second-order valence-corrected chi connectivity index (χ2v) is 7.64. The molecule has 20 heavy (non-hydrogen) atoms. The van der Waals surface area contributed by atoms with E-state index in [2.05, 4.69) is 40.3 Å². The third-order valence-electron chi connectivity index (χ3n) is 4.53. The van der Waals surface area contributed by atoms with Crippen LogP contribution in [0, 0.1) is 5.41 Å². The second-order valence-electron chi connectivity index (χ2n) is 6.54. The zero-order valence-electron chi connectivity index (χ0n) is 12.6. The van der Waals surface area contributed by atoms with Crippen molar-refractivity contribution in [2.75, 3.05) is 18.1 Å². The van der Waals surface area contributed by atoms with Crippen molar-refractivity contribution < 1.29 is 4.79 Å². The van der Waals surface area contributed by atoms with Gasteiger partial charge in [-0.15, -0.1) is 0 Å². The van der Waals surface area contributed by atoms with E-state index in [1.54, 1.807) is 6.92 Å². The lowest BCUT2D eigenvalue weighted by Gasteiger charge is -2.33. The summed E-state index contributed by atoms with van der Waals surface area (Å²) in [5, 5.41) is 4.55. The Morgan fingerprint density at radius 1 is 1.45 bits per heavy atom. The van der Waals surface area contributed by atoms with Crippen molar-refractivity contribution in [3.63, 3.8) is 0 Å². The molecule has 2 aliphatic heterocycles. The number of nitrogens with zero attached hydrogens (tertiary/aromatic N) is 3. The molecular weight excluding hydrogens is 270 g/mol. The quantitative estimate of drug-likeness (QED) is 0.785. The number of fused-ring (bicyclic) bond motifs is 1. The number of Topliss-reactive ketones (excluding diaryl/α,β-unsaturated/α-hetero) is 1. The van der Waals surface area contributed by atoms with Crippen molar-refractivity contribution >= 4 is 17.5 Å². The zero-order chi connectivity index (χ0) is 14.3. The summed E-state index contributed by atoms with van der Waals surface area (Å²) in [6, 6.07) is 2.51. The van der Waals surface area contributed by atoms with Gasteiger partial charge in [-0.25, -0.2) is 0 Å². The van der Waals surface area contributed by atoms with Crippen LogP contribution in [0.4, 0.5) is 0 Å². The molecule has 0 saturated carbocycles. The lowest BCUT2D eigenvalue weighted by Crippen LogP contribution is -2.41. The number of ketones is 1. The fraction of sp³-hybridized carbons (Fsp3) is 0.733. The van der Waals surface area contributed by atoms with Gasteiger partial charge in [-0.05, 0) is 32.1 Å². The molecule has 0 aliphatic carbocycles. The first-order chi connectivity index (χ1) is 9.49. The average molecular weight is 293 g/mol. The fourth-order valence-corrected chi connectivity index (χ4v) is 4.70. The number of hydrogen-bond acceptors (Lipinski definition) is 4. The molecular formula is C15H23N3OS. The van der Waals surface area contributed by atoms with Gasteiger partial charge in [0, 0.05) is 43.8 Å². The van der Waals surface area contributed by atoms with Crippen molar-refractivity contribution in [3.8, 4) is 0 Å². The van der Waals surface area contributed by atoms with E-state index < -0.39 is 0 Å². The van der Waals surface area contributed by atoms with Gasteiger partial charge >= 0.3 is 0 Å². The number of rotatable bonds is 2. The first-order valence-electron chi connectivity index (χ1n) is 7.39. The maximum Gasteiger partial charge on any atom is 0.179 e. The van der Waals surface area contributed by atoms with Crippen LogP contribution in [0.25, 0.3) is 0 Å². The molecule has 1 spiro atoms. The van der Waals surface area contributed by atoms with Gasteiger partial charge in [0.25, 0.3) is 0 Å². The molecule has 0 amide bonds. The summed E-state index contributed by atoms with van der Waals surface area (Å²) in [5.41, 5.74) is 2.14. The average Bonchev–Trinajstić information content (AvgIpc) is 2.94. The fourth-order valence-electron chi connectivity index (χ4n) is 3.22. The van der Waals surface area contributed by atoms with Crippen molar-refractivity contribution in [1.82, 2.24) is 14.7 Å². The summed E-state index contributed by atoms with van der Waals surface area (Å²) >= 11 is 2.06. The monoisotopic (exact) mass is 293 g/mol. The Labute approximate surface area is 124 Å². The summed E-state index contributed by atoms with van der Waals surface area (Å²) in [6.45, 7) is 9.14. The Morgan fingerprint density at radius 3 is 2.85 bits per heavy atom. The summed E-state index contributed by atoms with van der Waals surface area (Å²) in [6.07, 6.45) is 1.26. The Hall–Kier alpha value is -0.810. The molecule has 1 saturated heterocycles. The van der Waals surface area contributed by atoms with Gasteiger partial charge in [0.1, 0.15) is 5.69 Å². The largest absolute Gasteiger partial charge is 0.294 e. The highest BCUT2D eigenvalue weighted by Crippen LogP contribution is 2.40. The van der Waals surface area contributed by atoms with Crippen LogP contribution in [0.5, 0.6) is 0 Å². The van der Waals surface area contributed by atoms with Gasteiger partial charge < -0.3 is 0 Å². The second kappa shape index (κ2) is 5.19. The van der Waals surface area contributed by atoms with Gasteiger partial charge in [-0.3, -0.25) is 14.4 Å². The molecule has 1 aromatic rings. The van der Waals surface area contributed by atoms with Crippen molar-refractivity contribution in [2.24, 2.45) is 5.41 Å². The standard InChI is InChI=1S/C15H23N3OS/c1-11(2)17-7-13-6-14(12(3)19)16-18(13)9-15(8-17)4-5-20-10-15/h6,11H,4-5,7-10H2,1-3H3. The van der Waals surface area contributed by atoms with Crippen LogP contribution in [0.15, 0.2) is 6.07 Å². The lowest BCUT2D eigenvalue weighted by atomic mass is 9.87. The summed E-state index contributed by atoms with van der Waals surface area (Å²) in [4.78, 5) is 14.1. The third kappa shape index (κ3) is 2.53. The first kappa shape index (κ1) is 14.1. The molecule has 0 radical (unpaired) electrons. The highest BCUT2D eigenvalue weighted by molar-refractivity contribution is 7.99. The van der Waals surface area contributed by atoms with E-state index in [0.717, 1.165) is 19.6 Å². The highest BCUT2D eigenvalue weighted by Gasteiger charge is 2.40. The Balaban J connectivity index is 1.98. The minimum Gasteiger partial charge on any atom is -0.294 e. The van der Waals surface area contributed by atoms with Crippen molar-refractivity contribution in [1.29, 1.82) is 0 Å². The zero-order valence-corrected chi connectivity index (χ0v) is 13.4. The van der Waals surface area contributed by atoms with Gasteiger partial charge in [0.2, 0.25) is 0 Å². The normalized spacial score (nSPS) is 27.0. The number of carbonyl (C=O) groups is 1. The molecule has 1 fully saturated rings. The van der Waals surface area contributed by atoms with E-state index in [1.807, 2.05) is 6.07 Å². The number of aromatic nitrogens is 2. The molecule has 0 aromatic carbocycles. The van der Waals surface area contributed by atoms with Crippen LogP contribution in [0.3, 0.4) is 0 Å². The Kier molecular flexibility index (Phi) is 3.67. The van der Waals surface area contributed by atoms with E-state index in [0.29, 0.717) is 17.2 Å². The molecule has 1 unspecified atom stereocenters. The predicted octanol–water partition coefficient (Wildman–Crippen LogP) is 2.43. The maximum atomic E-state index is 11.6. The van der Waals surface area contributed by atoms with Crippen molar-refractivity contribution in [2.45, 2.75) is 46.3 Å². The molecule has 5 heteroatoms. The third-order valence-corrected chi connectivity index (χ3v) is 5.84. The Bertz CT molecular complexity index is 517. The summed E-state index contributed by atoms with van der Waals surface area (Å²) in [7, 11) is 0. The predicted molar refractivity (Wildman–Crippen MR) is 82.2 cm³/mol. The van der Waals surface area contributed by atoms with Gasteiger partial charge in [0.05, 0.1) is 5.69 Å². The minimum atomic E-state index is 0.0662. The number of carbonyl (C=O) groups excluding carboxylic acids is 1. The van der Waals surface area contributed by atoms with E-state index in [-0.39, 0.29) is 5.78 Å². The van der Waals surface area contributed by atoms with Crippen LogP contribution in [-0.4, -0.2) is 44.6 Å². The summed E-state index contributed by atoms with van der Waals surface area (Å²) in [5.74, 6) is 2.53. The van der Waals surface area contributed by atoms with E-state index >= 15 is 0 Å². The van der Waals surface area contributed by atoms with Gasteiger partial charge in [-0.2, -0.15) is 16.9 Å². The molecule has 1 atom stereocenters. The minimum absolute atomic E-state index is 0.0662. The topological polar surface area (TPSA) is 38.1 Å². The smallest absolute Gasteiger partial charge is 0.179 e. The SMILES string of the molecule is CC(=O)c1cc2n(n1)CC1(CCSC1)CN(C(C)C)C2. The molecule has 4 nitrogen and oxygen atoms in total. The highest BCUT2D eigenvalue weighted by atomic mass is 32.2. The number of hydrogen-bond donors (Lipinski definition) is 0. The van der Waals surface area contributed by atoms with E-state index in [9.17, 15) is 4.79 Å².